The fraction of sp³-hybridized carbons (Fsp3) is 0.875. The molecule has 1 saturated heterocycles. The van der Waals surface area contributed by atoms with Crippen molar-refractivity contribution in [3.05, 3.63) is 0 Å². The second kappa shape index (κ2) is 9.10. The average molecular weight is 315 g/mol. The minimum atomic E-state index is -0.755. The molecule has 0 radical (unpaired) electrons. The summed E-state index contributed by atoms with van der Waals surface area (Å²) in [4.78, 5) is 23.6. The summed E-state index contributed by atoms with van der Waals surface area (Å²) < 4.78 is 15.6. The molecule has 0 bridgehead atoms. The molecule has 1 fully saturated rings. The third-order valence-corrected chi connectivity index (χ3v) is 3.68. The number of epoxide rings is 1. The van der Waals surface area contributed by atoms with Crippen LogP contribution in [0.2, 0.25) is 0 Å². The molecule has 0 aromatic carbocycles. The first-order valence-corrected chi connectivity index (χ1v) is 8.10. The summed E-state index contributed by atoms with van der Waals surface area (Å²) in [5.41, 5.74) is 0. The Balaban J connectivity index is 2.45. The van der Waals surface area contributed by atoms with Gasteiger partial charge >= 0.3 is 5.97 Å². The lowest BCUT2D eigenvalue weighted by atomic mass is 9.99. The van der Waals surface area contributed by atoms with Crippen molar-refractivity contribution < 1.29 is 23.8 Å². The van der Waals surface area contributed by atoms with Gasteiger partial charge in [-0.05, 0) is 18.8 Å². The SMILES string of the molecule is CCOC(=O)[C@H]1O[C@@H]1C(=O)N[C@H](COCC(C)C)C(C)CC. The molecule has 1 amide bonds. The highest BCUT2D eigenvalue weighted by Gasteiger charge is 2.51. The second-order valence-electron chi connectivity index (χ2n) is 6.16. The molecule has 0 spiro atoms. The Morgan fingerprint density at radius 1 is 1.14 bits per heavy atom. The number of hydrogen-bond donors (Lipinski definition) is 1. The van der Waals surface area contributed by atoms with Gasteiger partial charge in [0.1, 0.15) is 0 Å². The van der Waals surface area contributed by atoms with Crippen LogP contribution in [0.5, 0.6) is 0 Å². The Kier molecular flexibility index (Phi) is 7.82. The van der Waals surface area contributed by atoms with Crippen molar-refractivity contribution in [1.82, 2.24) is 5.32 Å². The molecule has 1 aliphatic heterocycles. The lowest BCUT2D eigenvalue weighted by molar-refractivity contribution is -0.144. The van der Waals surface area contributed by atoms with Gasteiger partial charge in [0.25, 0.3) is 5.91 Å². The van der Waals surface area contributed by atoms with Crippen molar-refractivity contribution in [2.75, 3.05) is 19.8 Å². The largest absolute Gasteiger partial charge is 0.464 e. The van der Waals surface area contributed by atoms with E-state index in [-0.39, 0.29) is 24.5 Å². The number of carbonyl (C=O) groups excluding carboxylic acids is 2. The molecule has 1 aliphatic rings. The summed E-state index contributed by atoms with van der Waals surface area (Å²) in [6.07, 6.45) is -0.548. The predicted molar refractivity (Wildman–Crippen MR) is 82.3 cm³/mol. The Morgan fingerprint density at radius 2 is 1.82 bits per heavy atom. The minimum absolute atomic E-state index is 0.0803. The third-order valence-electron chi connectivity index (χ3n) is 3.68. The molecule has 1 rings (SSSR count). The molecule has 1 heterocycles. The van der Waals surface area contributed by atoms with E-state index in [4.69, 9.17) is 14.2 Å². The zero-order valence-electron chi connectivity index (χ0n) is 14.3. The van der Waals surface area contributed by atoms with Gasteiger partial charge in [0, 0.05) is 6.61 Å². The van der Waals surface area contributed by atoms with Gasteiger partial charge in [-0.2, -0.15) is 0 Å². The van der Waals surface area contributed by atoms with Crippen molar-refractivity contribution in [1.29, 1.82) is 0 Å². The molecular weight excluding hydrogens is 286 g/mol. The number of carbonyl (C=O) groups is 2. The quantitative estimate of drug-likeness (QED) is 0.488. The van der Waals surface area contributed by atoms with E-state index >= 15 is 0 Å². The number of amides is 1. The van der Waals surface area contributed by atoms with Crippen LogP contribution in [0.4, 0.5) is 0 Å². The molecular formula is C16H29NO5. The van der Waals surface area contributed by atoms with Crippen molar-refractivity contribution in [2.45, 2.75) is 59.3 Å². The maximum absolute atomic E-state index is 12.2. The highest BCUT2D eigenvalue weighted by Crippen LogP contribution is 2.24. The van der Waals surface area contributed by atoms with Crippen molar-refractivity contribution in [2.24, 2.45) is 11.8 Å². The molecule has 0 aromatic rings. The summed E-state index contributed by atoms with van der Waals surface area (Å²) in [6, 6.07) is -0.0803. The number of ether oxygens (including phenoxy) is 3. The van der Waals surface area contributed by atoms with Crippen LogP contribution in [0.25, 0.3) is 0 Å². The maximum atomic E-state index is 12.2. The van der Waals surface area contributed by atoms with Crippen LogP contribution in [-0.4, -0.2) is 49.9 Å². The standard InChI is InChI=1S/C16H29NO5/c1-6-11(5)12(9-20-8-10(3)4)17-15(18)13-14(22-13)16(19)21-7-2/h10-14H,6-9H2,1-5H3,(H,17,18)/t11?,12-,13+,14+/m1/s1. The first kappa shape index (κ1) is 18.9. The van der Waals surface area contributed by atoms with Crippen LogP contribution in [0.3, 0.4) is 0 Å². The predicted octanol–water partition coefficient (Wildman–Crippen LogP) is 1.52. The summed E-state index contributed by atoms with van der Waals surface area (Å²) >= 11 is 0. The van der Waals surface area contributed by atoms with Gasteiger partial charge in [-0.3, -0.25) is 4.79 Å². The number of rotatable bonds is 10. The van der Waals surface area contributed by atoms with Gasteiger partial charge in [-0.25, -0.2) is 4.79 Å². The van der Waals surface area contributed by atoms with Crippen LogP contribution in [0.15, 0.2) is 0 Å². The van der Waals surface area contributed by atoms with Gasteiger partial charge in [-0.15, -0.1) is 0 Å². The Labute approximate surface area is 132 Å². The van der Waals surface area contributed by atoms with Crippen molar-refractivity contribution >= 4 is 11.9 Å². The van der Waals surface area contributed by atoms with E-state index in [9.17, 15) is 9.59 Å². The van der Waals surface area contributed by atoms with E-state index in [0.717, 1.165) is 6.42 Å². The smallest absolute Gasteiger partial charge is 0.338 e. The molecule has 128 valence electrons. The zero-order chi connectivity index (χ0) is 16.7. The van der Waals surface area contributed by atoms with E-state index in [1.54, 1.807) is 6.92 Å². The number of hydrogen-bond acceptors (Lipinski definition) is 5. The molecule has 1 N–H and O–H groups in total. The fourth-order valence-electron chi connectivity index (χ4n) is 2.04. The Hall–Kier alpha value is -1.14. The summed E-state index contributed by atoms with van der Waals surface area (Å²) in [5, 5.41) is 2.93. The van der Waals surface area contributed by atoms with Crippen LogP contribution < -0.4 is 5.32 Å². The van der Waals surface area contributed by atoms with E-state index in [0.29, 0.717) is 19.1 Å². The number of nitrogens with one attached hydrogen (secondary N) is 1. The lowest BCUT2D eigenvalue weighted by Gasteiger charge is -2.24. The van der Waals surface area contributed by atoms with Gasteiger partial charge in [0.2, 0.25) is 0 Å². The summed E-state index contributed by atoms with van der Waals surface area (Å²) in [6.45, 7) is 11.4. The molecule has 0 saturated carbocycles. The summed E-state index contributed by atoms with van der Waals surface area (Å²) in [7, 11) is 0. The topological polar surface area (TPSA) is 77.2 Å². The van der Waals surface area contributed by atoms with E-state index in [2.05, 4.69) is 33.0 Å². The van der Waals surface area contributed by atoms with Crippen LogP contribution >= 0.6 is 0 Å². The molecule has 0 aliphatic carbocycles. The highest BCUT2D eigenvalue weighted by molar-refractivity contribution is 5.92. The first-order chi connectivity index (χ1) is 10.4. The maximum Gasteiger partial charge on any atom is 0.338 e. The summed E-state index contributed by atoms with van der Waals surface area (Å²) in [5.74, 6) is -0.000512. The fourth-order valence-corrected chi connectivity index (χ4v) is 2.04. The van der Waals surface area contributed by atoms with Gasteiger partial charge in [-0.1, -0.05) is 34.1 Å². The zero-order valence-corrected chi connectivity index (χ0v) is 14.3. The van der Waals surface area contributed by atoms with Crippen LogP contribution in [0.1, 0.15) is 41.0 Å². The van der Waals surface area contributed by atoms with Crippen LogP contribution in [-0.2, 0) is 23.8 Å². The Morgan fingerprint density at radius 3 is 2.36 bits per heavy atom. The van der Waals surface area contributed by atoms with Crippen molar-refractivity contribution in [3.63, 3.8) is 0 Å². The van der Waals surface area contributed by atoms with Gasteiger partial charge in [0.15, 0.2) is 12.2 Å². The molecule has 6 nitrogen and oxygen atoms in total. The average Bonchev–Trinajstić information content (AvgIpc) is 3.25. The van der Waals surface area contributed by atoms with Gasteiger partial charge < -0.3 is 19.5 Å². The Bertz CT molecular complexity index is 372. The van der Waals surface area contributed by atoms with Crippen molar-refractivity contribution in [3.8, 4) is 0 Å². The van der Waals surface area contributed by atoms with Gasteiger partial charge in [0.05, 0.1) is 19.3 Å². The third kappa shape index (κ3) is 5.93. The normalized spacial score (nSPS) is 23.0. The molecule has 4 atom stereocenters. The molecule has 1 unspecified atom stereocenters. The first-order valence-electron chi connectivity index (χ1n) is 8.10. The number of esters is 1. The van der Waals surface area contributed by atoms with E-state index in [1.807, 2.05) is 0 Å². The highest BCUT2D eigenvalue weighted by atomic mass is 16.6. The van der Waals surface area contributed by atoms with Crippen LogP contribution in [0, 0.1) is 11.8 Å². The van der Waals surface area contributed by atoms with E-state index < -0.39 is 18.2 Å². The molecule has 22 heavy (non-hydrogen) atoms. The monoisotopic (exact) mass is 315 g/mol. The molecule has 6 heteroatoms. The molecule has 0 aromatic heterocycles. The van der Waals surface area contributed by atoms with E-state index in [1.165, 1.54) is 0 Å². The second-order valence-corrected chi connectivity index (χ2v) is 6.16. The lowest BCUT2D eigenvalue weighted by Crippen LogP contribution is -2.45. The minimum Gasteiger partial charge on any atom is -0.464 e.